The third-order valence-electron chi connectivity index (χ3n) is 9.18. The largest absolute Gasteiger partial charge is 0.444 e. The Kier molecular flexibility index (Phi) is 9.56. The van der Waals surface area contributed by atoms with Gasteiger partial charge in [0.1, 0.15) is 17.7 Å². The molecule has 13 heteroatoms. The van der Waals surface area contributed by atoms with E-state index in [2.05, 4.69) is 14.9 Å². The first kappa shape index (κ1) is 34.6. The van der Waals surface area contributed by atoms with E-state index in [1.807, 2.05) is 53.4 Å². The summed E-state index contributed by atoms with van der Waals surface area (Å²) in [4.78, 5) is 47.4. The summed E-state index contributed by atoms with van der Waals surface area (Å²) in [6.07, 6.45) is 1.76. The average molecular weight is 708 g/mol. The van der Waals surface area contributed by atoms with E-state index in [0.717, 1.165) is 28.6 Å². The Hall–Kier alpha value is -4.29. The number of carbonyl (C=O) groups excluding carboxylic acids is 3. The molecule has 2 saturated heterocycles. The Labute approximate surface area is 292 Å². The van der Waals surface area contributed by atoms with E-state index < -0.39 is 39.7 Å². The van der Waals surface area contributed by atoms with Crippen LogP contribution in [-0.2, 0) is 43.7 Å². The summed E-state index contributed by atoms with van der Waals surface area (Å²) in [7, 11) is -3.49. The third kappa shape index (κ3) is 7.96. The fraction of sp³-hybridized carbons (Fsp3) is 0.417. The summed E-state index contributed by atoms with van der Waals surface area (Å²) in [5.74, 6) is -0.641. The van der Waals surface area contributed by atoms with Crippen molar-refractivity contribution in [1.29, 1.82) is 0 Å². The lowest BCUT2D eigenvalue weighted by Crippen LogP contribution is -2.59. The maximum Gasteiger partial charge on any atom is 0.411 e. The van der Waals surface area contributed by atoms with E-state index in [4.69, 9.17) is 16.3 Å². The number of hydrogen-bond donors (Lipinski definition) is 2. The van der Waals surface area contributed by atoms with Crippen molar-refractivity contribution < 1.29 is 27.5 Å². The van der Waals surface area contributed by atoms with Crippen LogP contribution >= 0.6 is 11.6 Å². The molecule has 0 radical (unpaired) electrons. The molecule has 0 aromatic heterocycles. The zero-order valence-electron chi connectivity index (χ0n) is 28.1. The van der Waals surface area contributed by atoms with Gasteiger partial charge >= 0.3 is 6.09 Å². The van der Waals surface area contributed by atoms with Crippen LogP contribution in [0.5, 0.6) is 0 Å². The van der Waals surface area contributed by atoms with E-state index in [9.17, 15) is 22.8 Å². The summed E-state index contributed by atoms with van der Waals surface area (Å²) >= 11 is 6.15. The van der Waals surface area contributed by atoms with Crippen molar-refractivity contribution in [3.8, 4) is 0 Å². The average Bonchev–Trinajstić information content (AvgIpc) is 3.65. The second kappa shape index (κ2) is 13.5. The molecule has 3 amide bonds. The normalized spacial score (nSPS) is 20.8. The van der Waals surface area contributed by atoms with Crippen LogP contribution in [-0.4, -0.2) is 85.2 Å². The molecule has 2 N–H and O–H groups in total. The number of para-hydroxylation sites is 2. The molecule has 3 heterocycles. The lowest BCUT2D eigenvalue weighted by Gasteiger charge is -2.39. The fourth-order valence-corrected chi connectivity index (χ4v) is 7.73. The molecule has 0 aliphatic carbocycles. The predicted molar refractivity (Wildman–Crippen MR) is 189 cm³/mol. The second-order valence-corrected chi connectivity index (χ2v) is 16.3. The number of likely N-dealkylation sites (tertiary alicyclic amines) is 1. The summed E-state index contributed by atoms with van der Waals surface area (Å²) in [5.41, 5.74) is 3.23. The van der Waals surface area contributed by atoms with Gasteiger partial charge in [-0.2, -0.15) is 0 Å². The van der Waals surface area contributed by atoms with Crippen molar-refractivity contribution in [3.63, 3.8) is 0 Å². The van der Waals surface area contributed by atoms with Crippen LogP contribution in [0.15, 0.2) is 72.8 Å². The van der Waals surface area contributed by atoms with Gasteiger partial charge in [0.25, 0.3) is 0 Å². The van der Waals surface area contributed by atoms with Crippen molar-refractivity contribution in [3.05, 3.63) is 94.5 Å². The number of ether oxygens (including phenoxy) is 1. The summed E-state index contributed by atoms with van der Waals surface area (Å²) in [6.45, 7) is 6.50. The van der Waals surface area contributed by atoms with Crippen LogP contribution in [0.1, 0.15) is 43.9 Å². The lowest BCUT2D eigenvalue weighted by atomic mass is 9.93. The maximum atomic E-state index is 14.4. The molecule has 3 aromatic carbocycles. The second-order valence-electron chi connectivity index (χ2n) is 14.1. The van der Waals surface area contributed by atoms with E-state index in [0.29, 0.717) is 30.2 Å². The molecule has 49 heavy (non-hydrogen) atoms. The number of piperazine rings is 1. The smallest absolute Gasteiger partial charge is 0.411 e. The Morgan fingerprint density at radius 1 is 0.918 bits per heavy atom. The van der Waals surface area contributed by atoms with Gasteiger partial charge in [0.2, 0.25) is 21.8 Å². The molecule has 3 aliphatic rings. The number of fused-ring (bicyclic) bond motifs is 3. The topological polar surface area (TPSA) is 128 Å². The first-order valence-electron chi connectivity index (χ1n) is 16.4. The van der Waals surface area contributed by atoms with Crippen LogP contribution in [0, 0.1) is 0 Å². The zero-order valence-corrected chi connectivity index (χ0v) is 29.6. The van der Waals surface area contributed by atoms with Gasteiger partial charge in [0, 0.05) is 37.0 Å². The quantitative estimate of drug-likeness (QED) is 0.351. The Morgan fingerprint density at radius 3 is 2.24 bits per heavy atom. The Balaban J connectivity index is 1.24. The van der Waals surface area contributed by atoms with Crippen LogP contribution in [0.25, 0.3) is 0 Å². The Bertz CT molecular complexity index is 1850. The van der Waals surface area contributed by atoms with Gasteiger partial charge in [-0.15, -0.1) is 0 Å². The molecule has 6 rings (SSSR count). The minimum absolute atomic E-state index is 0.0270. The van der Waals surface area contributed by atoms with Gasteiger partial charge in [-0.3, -0.25) is 19.2 Å². The third-order valence-corrected chi connectivity index (χ3v) is 10.0. The summed E-state index contributed by atoms with van der Waals surface area (Å²) in [5, 5.41) is 3.60. The molecule has 0 saturated carbocycles. The minimum Gasteiger partial charge on any atom is -0.444 e. The molecule has 0 spiro atoms. The summed E-state index contributed by atoms with van der Waals surface area (Å²) in [6, 6.07) is 20.2. The number of anilines is 2. The molecule has 2 bridgehead atoms. The number of hydrogen-bond acceptors (Lipinski definition) is 7. The molecule has 4 atom stereocenters. The number of amides is 3. The maximum absolute atomic E-state index is 14.4. The highest BCUT2D eigenvalue weighted by Gasteiger charge is 2.48. The molecule has 3 aliphatic heterocycles. The molecule has 2 unspecified atom stereocenters. The van der Waals surface area contributed by atoms with Gasteiger partial charge in [-0.1, -0.05) is 60.1 Å². The standard InChI is InChI=1S/C36H42ClN5O6S/c1-36(2,3)48-35(45)42-20-25-10-6-5-9-24(25)18-32(42)33(43)38-30(17-23-13-15-26(37)16-14-23)34(44)41-22-27-19-28(41)21-40(27)31-12-8-7-11-29(31)39-49(4,46)47/h5-16,27-28,30,32,39H,17-22H2,1-4H3,(H,38,43)/t27?,28?,30-,32+/m1/s1. The first-order chi connectivity index (χ1) is 23.1. The van der Waals surface area contributed by atoms with Gasteiger partial charge in [0.05, 0.1) is 30.2 Å². The summed E-state index contributed by atoms with van der Waals surface area (Å²) < 4.78 is 32.4. The molecule has 2 fully saturated rings. The van der Waals surface area contributed by atoms with Crippen molar-refractivity contribution >= 4 is 50.9 Å². The molecular weight excluding hydrogens is 666 g/mol. The lowest BCUT2D eigenvalue weighted by molar-refractivity contribution is -0.138. The number of benzene rings is 3. The van der Waals surface area contributed by atoms with Crippen LogP contribution in [0.4, 0.5) is 16.2 Å². The van der Waals surface area contributed by atoms with Crippen LogP contribution < -0.4 is 14.9 Å². The van der Waals surface area contributed by atoms with E-state index >= 15 is 0 Å². The molecule has 11 nitrogen and oxygen atoms in total. The van der Waals surface area contributed by atoms with Gasteiger partial charge < -0.3 is 19.9 Å². The zero-order chi connectivity index (χ0) is 35.1. The molecule has 260 valence electrons. The van der Waals surface area contributed by atoms with Crippen molar-refractivity contribution in [1.82, 2.24) is 15.1 Å². The van der Waals surface area contributed by atoms with Gasteiger partial charge in [-0.05, 0) is 68.1 Å². The SMILES string of the molecule is CC(C)(C)OC(=O)N1Cc2ccccc2C[C@H]1C(=O)N[C@H](Cc1ccc(Cl)cc1)C(=O)N1CC2CC1CN2c1ccccc1NS(C)(=O)=O. The minimum atomic E-state index is -3.49. The van der Waals surface area contributed by atoms with Crippen LogP contribution in [0.2, 0.25) is 5.02 Å². The number of carbonyl (C=O) groups is 3. The Morgan fingerprint density at radius 2 is 1.59 bits per heavy atom. The van der Waals surface area contributed by atoms with E-state index in [-0.39, 0.29) is 37.4 Å². The van der Waals surface area contributed by atoms with Crippen molar-refractivity contribution in [2.75, 3.05) is 29.0 Å². The predicted octanol–water partition coefficient (Wildman–Crippen LogP) is 4.59. The van der Waals surface area contributed by atoms with Crippen molar-refractivity contribution in [2.24, 2.45) is 0 Å². The van der Waals surface area contributed by atoms with E-state index in [1.54, 1.807) is 45.0 Å². The fourth-order valence-electron chi connectivity index (χ4n) is 7.04. The van der Waals surface area contributed by atoms with Crippen molar-refractivity contribution in [2.45, 2.75) is 76.3 Å². The highest BCUT2D eigenvalue weighted by Crippen LogP contribution is 2.38. The number of sulfonamides is 1. The van der Waals surface area contributed by atoms with Gasteiger partial charge in [-0.25, -0.2) is 13.2 Å². The monoisotopic (exact) mass is 707 g/mol. The highest BCUT2D eigenvalue weighted by atomic mass is 35.5. The number of rotatable bonds is 8. The number of nitrogens with one attached hydrogen (secondary N) is 2. The van der Waals surface area contributed by atoms with Crippen LogP contribution in [0.3, 0.4) is 0 Å². The highest BCUT2D eigenvalue weighted by molar-refractivity contribution is 7.92. The number of nitrogens with zero attached hydrogens (tertiary/aromatic N) is 3. The van der Waals surface area contributed by atoms with Gasteiger partial charge in [0.15, 0.2) is 0 Å². The molecular formula is C36H42ClN5O6S. The molecule has 3 aromatic rings. The number of halogens is 1. The van der Waals surface area contributed by atoms with E-state index in [1.165, 1.54) is 4.90 Å². The first-order valence-corrected chi connectivity index (χ1v) is 18.7.